The molecule has 0 aliphatic carbocycles. The molecule has 0 saturated heterocycles. The summed E-state index contributed by atoms with van der Waals surface area (Å²) < 4.78 is 27.7. The van der Waals surface area contributed by atoms with Gasteiger partial charge in [0.2, 0.25) is 0 Å². The average molecular weight is 238 g/mol. The zero-order valence-corrected chi connectivity index (χ0v) is 9.48. The molecular formula is C11H12F2N4. The van der Waals surface area contributed by atoms with E-state index in [0.717, 1.165) is 6.07 Å². The van der Waals surface area contributed by atoms with E-state index >= 15 is 0 Å². The van der Waals surface area contributed by atoms with Crippen LogP contribution in [0.3, 0.4) is 0 Å². The molecule has 0 aliphatic rings. The first-order valence-electron chi connectivity index (χ1n) is 5.05. The number of nitrogens with two attached hydrogens (primary N) is 1. The van der Waals surface area contributed by atoms with Crippen LogP contribution >= 0.6 is 0 Å². The number of rotatable bonds is 2. The normalized spacial score (nSPS) is 11.8. The Kier molecular flexibility index (Phi) is 2.66. The summed E-state index contributed by atoms with van der Waals surface area (Å²) in [5, 5.41) is 7.57. The maximum atomic E-state index is 13.5. The minimum Gasteiger partial charge on any atom is -0.320 e. The first kappa shape index (κ1) is 11.7. The Morgan fingerprint density at radius 3 is 2.59 bits per heavy atom. The van der Waals surface area contributed by atoms with Crippen molar-refractivity contribution >= 4 is 0 Å². The van der Waals surface area contributed by atoms with Crippen LogP contribution in [0.1, 0.15) is 19.5 Å². The van der Waals surface area contributed by atoms with E-state index in [9.17, 15) is 8.78 Å². The lowest BCUT2D eigenvalue weighted by Crippen LogP contribution is -2.29. The van der Waals surface area contributed by atoms with E-state index in [0.29, 0.717) is 5.69 Å². The fraction of sp³-hybridized carbons (Fsp3) is 0.273. The molecule has 6 heteroatoms. The number of hydrogen-bond acceptors (Lipinski definition) is 3. The zero-order valence-electron chi connectivity index (χ0n) is 9.48. The van der Waals surface area contributed by atoms with Crippen molar-refractivity contribution in [3.8, 4) is 5.69 Å². The van der Waals surface area contributed by atoms with Gasteiger partial charge >= 0.3 is 0 Å². The number of nitrogens with zero attached hydrogens (tertiary/aromatic N) is 3. The molecule has 2 N–H and O–H groups in total. The summed E-state index contributed by atoms with van der Waals surface area (Å²) in [4.78, 5) is 0. The van der Waals surface area contributed by atoms with Gasteiger partial charge in [-0.25, -0.2) is 13.5 Å². The molecule has 0 unspecified atom stereocenters. The SMILES string of the molecule is CC(C)(N)c1cn(-c2cccc(F)c2F)nn1. The molecule has 90 valence electrons. The summed E-state index contributed by atoms with van der Waals surface area (Å²) in [5.74, 6) is -1.88. The van der Waals surface area contributed by atoms with Crippen molar-refractivity contribution in [2.24, 2.45) is 5.73 Å². The highest BCUT2D eigenvalue weighted by Gasteiger charge is 2.20. The van der Waals surface area contributed by atoms with Crippen LogP contribution in [-0.2, 0) is 5.54 Å². The van der Waals surface area contributed by atoms with Crippen molar-refractivity contribution < 1.29 is 8.78 Å². The summed E-state index contributed by atoms with van der Waals surface area (Å²) in [6.45, 7) is 3.51. The van der Waals surface area contributed by atoms with Gasteiger partial charge in [0.25, 0.3) is 0 Å². The second-order valence-electron chi connectivity index (χ2n) is 4.34. The lowest BCUT2D eigenvalue weighted by atomic mass is 10.0. The topological polar surface area (TPSA) is 56.7 Å². The highest BCUT2D eigenvalue weighted by molar-refractivity contribution is 5.33. The quantitative estimate of drug-likeness (QED) is 0.867. The van der Waals surface area contributed by atoms with E-state index in [-0.39, 0.29) is 5.69 Å². The van der Waals surface area contributed by atoms with E-state index in [1.54, 1.807) is 13.8 Å². The highest BCUT2D eigenvalue weighted by Crippen LogP contribution is 2.18. The predicted octanol–water partition coefficient (Wildman–Crippen LogP) is 1.74. The van der Waals surface area contributed by atoms with Crippen LogP contribution in [0, 0.1) is 11.6 Å². The maximum absolute atomic E-state index is 13.5. The first-order chi connectivity index (χ1) is 7.89. The Hall–Kier alpha value is -1.82. The summed E-state index contributed by atoms with van der Waals surface area (Å²) in [7, 11) is 0. The number of hydrogen-bond donors (Lipinski definition) is 1. The van der Waals surface area contributed by atoms with Gasteiger partial charge in [-0.15, -0.1) is 5.10 Å². The molecular weight excluding hydrogens is 226 g/mol. The van der Waals surface area contributed by atoms with Crippen molar-refractivity contribution in [2.45, 2.75) is 19.4 Å². The average Bonchev–Trinajstić information content (AvgIpc) is 2.70. The number of halogens is 2. The van der Waals surface area contributed by atoms with Gasteiger partial charge in [0.1, 0.15) is 11.4 Å². The van der Waals surface area contributed by atoms with E-state index < -0.39 is 17.2 Å². The minimum absolute atomic E-state index is 0.00741. The van der Waals surface area contributed by atoms with Crippen molar-refractivity contribution in [1.82, 2.24) is 15.0 Å². The molecule has 0 aliphatic heterocycles. The van der Waals surface area contributed by atoms with Crippen molar-refractivity contribution in [3.63, 3.8) is 0 Å². The van der Waals surface area contributed by atoms with Crippen LogP contribution in [-0.4, -0.2) is 15.0 Å². The van der Waals surface area contributed by atoms with Gasteiger partial charge < -0.3 is 5.73 Å². The Bertz CT molecular complexity index is 543. The van der Waals surface area contributed by atoms with Crippen molar-refractivity contribution in [2.75, 3.05) is 0 Å². The van der Waals surface area contributed by atoms with Gasteiger partial charge in [0, 0.05) is 0 Å². The van der Waals surface area contributed by atoms with Crippen LogP contribution < -0.4 is 5.73 Å². The largest absolute Gasteiger partial charge is 0.320 e. The molecule has 4 nitrogen and oxygen atoms in total. The van der Waals surface area contributed by atoms with Gasteiger partial charge in [-0.1, -0.05) is 11.3 Å². The molecule has 0 saturated carbocycles. The van der Waals surface area contributed by atoms with Gasteiger partial charge in [-0.2, -0.15) is 0 Å². The van der Waals surface area contributed by atoms with Crippen LogP contribution in [0.25, 0.3) is 5.69 Å². The van der Waals surface area contributed by atoms with E-state index in [4.69, 9.17) is 5.73 Å². The third-order valence-electron chi connectivity index (χ3n) is 2.33. The van der Waals surface area contributed by atoms with Crippen LogP contribution in [0.15, 0.2) is 24.4 Å². The van der Waals surface area contributed by atoms with Crippen LogP contribution in [0.4, 0.5) is 8.78 Å². The van der Waals surface area contributed by atoms with Gasteiger partial charge in [0.05, 0.1) is 11.7 Å². The van der Waals surface area contributed by atoms with Gasteiger partial charge in [0.15, 0.2) is 11.6 Å². The first-order valence-corrected chi connectivity index (χ1v) is 5.05. The Labute approximate surface area is 97.0 Å². The molecule has 0 bridgehead atoms. The lowest BCUT2D eigenvalue weighted by molar-refractivity contribution is 0.500. The third-order valence-corrected chi connectivity index (χ3v) is 2.33. The lowest BCUT2D eigenvalue weighted by Gasteiger charge is -2.13. The molecule has 17 heavy (non-hydrogen) atoms. The van der Waals surface area contributed by atoms with Gasteiger partial charge in [-0.05, 0) is 26.0 Å². The molecule has 2 aromatic rings. The Balaban J connectivity index is 2.48. The van der Waals surface area contributed by atoms with Crippen molar-refractivity contribution in [1.29, 1.82) is 0 Å². The molecule has 2 rings (SSSR count). The number of aromatic nitrogens is 3. The Morgan fingerprint density at radius 2 is 2.00 bits per heavy atom. The smallest absolute Gasteiger partial charge is 0.184 e. The van der Waals surface area contributed by atoms with Crippen LogP contribution in [0.2, 0.25) is 0 Å². The van der Waals surface area contributed by atoms with E-state index in [1.165, 1.54) is 23.0 Å². The standard InChI is InChI=1S/C11H12F2N4/c1-11(2,14)9-6-17(16-15-9)8-5-3-4-7(12)10(8)13/h3-6H,14H2,1-2H3. The monoisotopic (exact) mass is 238 g/mol. The molecule has 1 heterocycles. The summed E-state index contributed by atoms with van der Waals surface area (Å²) >= 11 is 0. The molecule has 0 atom stereocenters. The second kappa shape index (κ2) is 3.89. The third kappa shape index (κ3) is 2.16. The fourth-order valence-electron chi connectivity index (χ4n) is 1.35. The van der Waals surface area contributed by atoms with E-state index in [2.05, 4.69) is 10.3 Å². The van der Waals surface area contributed by atoms with Gasteiger partial charge in [-0.3, -0.25) is 0 Å². The molecule has 1 aromatic heterocycles. The minimum atomic E-state index is -0.959. The van der Waals surface area contributed by atoms with Crippen molar-refractivity contribution in [3.05, 3.63) is 41.7 Å². The fourth-order valence-corrected chi connectivity index (χ4v) is 1.35. The predicted molar refractivity (Wildman–Crippen MR) is 58.5 cm³/mol. The highest BCUT2D eigenvalue weighted by atomic mass is 19.2. The summed E-state index contributed by atoms with van der Waals surface area (Å²) in [6.07, 6.45) is 1.48. The summed E-state index contributed by atoms with van der Waals surface area (Å²) in [6, 6.07) is 3.87. The Morgan fingerprint density at radius 1 is 1.29 bits per heavy atom. The molecule has 0 spiro atoms. The van der Waals surface area contributed by atoms with Crippen LogP contribution in [0.5, 0.6) is 0 Å². The molecule has 0 amide bonds. The number of benzene rings is 1. The zero-order chi connectivity index (χ0) is 12.6. The molecule has 1 aromatic carbocycles. The second-order valence-corrected chi connectivity index (χ2v) is 4.34. The molecule has 0 radical (unpaired) electrons. The maximum Gasteiger partial charge on any atom is 0.184 e. The summed E-state index contributed by atoms with van der Waals surface area (Å²) in [5.41, 5.74) is 5.66. The van der Waals surface area contributed by atoms with E-state index in [1.807, 2.05) is 0 Å². The molecule has 0 fully saturated rings.